The Morgan fingerprint density at radius 1 is 1.17 bits per heavy atom. The van der Waals surface area contributed by atoms with Gasteiger partial charge in [-0.25, -0.2) is 14.4 Å². The Hall–Kier alpha value is -3.76. The number of carboxylic acid groups (broad SMARTS) is 1. The maximum absolute atomic E-state index is 13.4. The number of para-hydroxylation sites is 1. The Bertz CT molecular complexity index is 1040. The first-order valence-electron chi connectivity index (χ1n) is 11.5. The summed E-state index contributed by atoms with van der Waals surface area (Å²) in [6, 6.07) is 4.75. The molecule has 4 amide bonds. The number of aromatic amines is 1. The van der Waals surface area contributed by atoms with Crippen molar-refractivity contribution >= 4 is 34.9 Å². The number of unbranched alkanes of at least 4 members (excludes halogenated alkanes) is 1. The van der Waals surface area contributed by atoms with Crippen molar-refractivity contribution in [1.29, 1.82) is 0 Å². The fourth-order valence-corrected chi connectivity index (χ4v) is 3.73. The molecule has 0 aliphatic carbocycles. The molecule has 0 bridgehead atoms. The molecule has 0 saturated carbocycles. The van der Waals surface area contributed by atoms with Gasteiger partial charge in [0, 0.05) is 37.1 Å². The highest BCUT2D eigenvalue weighted by atomic mass is 16.6. The summed E-state index contributed by atoms with van der Waals surface area (Å²) >= 11 is 0. The molecule has 0 aliphatic rings. The van der Waals surface area contributed by atoms with Crippen LogP contribution in [-0.2, 0) is 20.7 Å². The normalized spacial score (nSPS) is 13.0. The number of aliphatic carboxylic acids is 1. The molecule has 0 unspecified atom stereocenters. The van der Waals surface area contributed by atoms with Crippen LogP contribution in [0, 0.1) is 0 Å². The molecular formula is C24H35N5O6. The van der Waals surface area contributed by atoms with E-state index in [1.807, 2.05) is 24.3 Å². The lowest BCUT2D eigenvalue weighted by Gasteiger charge is -2.30. The summed E-state index contributed by atoms with van der Waals surface area (Å²) in [5.74, 6) is -1.71. The average Bonchev–Trinajstić information content (AvgIpc) is 3.16. The molecule has 0 saturated heterocycles. The molecule has 6 N–H and O–H groups in total. The van der Waals surface area contributed by atoms with Gasteiger partial charge in [0.1, 0.15) is 17.7 Å². The van der Waals surface area contributed by atoms with E-state index in [2.05, 4.69) is 15.6 Å². The highest BCUT2D eigenvalue weighted by molar-refractivity contribution is 5.90. The van der Waals surface area contributed by atoms with E-state index in [9.17, 15) is 24.3 Å². The van der Waals surface area contributed by atoms with E-state index in [1.165, 1.54) is 7.05 Å². The zero-order valence-electron chi connectivity index (χ0n) is 20.6. The maximum atomic E-state index is 13.4. The van der Waals surface area contributed by atoms with Crippen LogP contribution in [-0.4, -0.2) is 70.3 Å². The maximum Gasteiger partial charge on any atom is 0.408 e. The highest BCUT2D eigenvalue weighted by Gasteiger charge is 2.33. The first-order chi connectivity index (χ1) is 16.4. The zero-order chi connectivity index (χ0) is 26.2. The molecule has 192 valence electrons. The van der Waals surface area contributed by atoms with E-state index in [0.29, 0.717) is 19.4 Å². The van der Waals surface area contributed by atoms with Crippen molar-refractivity contribution in [2.75, 3.05) is 13.6 Å². The summed E-state index contributed by atoms with van der Waals surface area (Å²) in [4.78, 5) is 53.0. The molecule has 2 aromatic rings. The number of likely N-dealkylation sites (N-methyl/N-ethyl adjacent to an activating group) is 1. The Morgan fingerprint density at radius 3 is 2.49 bits per heavy atom. The third-order valence-corrected chi connectivity index (χ3v) is 5.39. The van der Waals surface area contributed by atoms with Crippen molar-refractivity contribution in [2.24, 2.45) is 5.73 Å². The second-order valence-corrected chi connectivity index (χ2v) is 9.35. The SMILES string of the molecule is CN(C(=O)[C@H](Cc1c[nH]c2ccccc12)NC(=O)OC(C)(C)C)[C@@H](CCCCNC(N)=O)C(=O)O. The smallest absolute Gasteiger partial charge is 0.408 e. The van der Waals surface area contributed by atoms with Gasteiger partial charge in [0.05, 0.1) is 0 Å². The Balaban J connectivity index is 2.20. The number of benzene rings is 1. The van der Waals surface area contributed by atoms with Crippen LogP contribution in [0.15, 0.2) is 30.5 Å². The van der Waals surface area contributed by atoms with Crippen molar-refractivity contribution in [3.63, 3.8) is 0 Å². The molecule has 0 spiro atoms. The molecule has 1 aromatic carbocycles. The molecule has 35 heavy (non-hydrogen) atoms. The predicted octanol–water partition coefficient (Wildman–Crippen LogP) is 2.35. The second-order valence-electron chi connectivity index (χ2n) is 9.35. The van der Waals surface area contributed by atoms with Gasteiger partial charge >= 0.3 is 18.1 Å². The number of H-pyrrole nitrogens is 1. The lowest BCUT2D eigenvalue weighted by Crippen LogP contribution is -2.53. The van der Waals surface area contributed by atoms with Gasteiger partial charge in [0.15, 0.2) is 0 Å². The number of nitrogens with two attached hydrogens (primary N) is 1. The van der Waals surface area contributed by atoms with E-state index in [4.69, 9.17) is 10.5 Å². The molecule has 11 heteroatoms. The predicted molar refractivity (Wildman–Crippen MR) is 131 cm³/mol. The molecule has 0 radical (unpaired) electrons. The number of carbonyl (C=O) groups excluding carboxylic acids is 3. The molecule has 2 atom stereocenters. The third kappa shape index (κ3) is 8.51. The van der Waals surface area contributed by atoms with Crippen LogP contribution >= 0.6 is 0 Å². The van der Waals surface area contributed by atoms with Crippen LogP contribution in [0.3, 0.4) is 0 Å². The number of fused-ring (bicyclic) bond motifs is 1. The number of hydrogen-bond donors (Lipinski definition) is 5. The molecular weight excluding hydrogens is 454 g/mol. The Kier molecular flexibility index (Phi) is 9.50. The Morgan fingerprint density at radius 2 is 1.86 bits per heavy atom. The van der Waals surface area contributed by atoms with Crippen LogP contribution in [0.5, 0.6) is 0 Å². The van der Waals surface area contributed by atoms with Gasteiger partial charge in [-0.15, -0.1) is 0 Å². The quantitative estimate of drug-likeness (QED) is 0.304. The van der Waals surface area contributed by atoms with Crippen molar-refractivity contribution < 1.29 is 29.0 Å². The monoisotopic (exact) mass is 489 g/mol. The van der Waals surface area contributed by atoms with E-state index in [0.717, 1.165) is 21.4 Å². The van der Waals surface area contributed by atoms with Crippen LogP contribution in [0.4, 0.5) is 9.59 Å². The molecule has 1 heterocycles. The van der Waals surface area contributed by atoms with E-state index in [1.54, 1.807) is 27.0 Å². The first-order valence-corrected chi connectivity index (χ1v) is 11.5. The van der Waals surface area contributed by atoms with Crippen molar-refractivity contribution in [3.8, 4) is 0 Å². The topological polar surface area (TPSA) is 167 Å². The van der Waals surface area contributed by atoms with Crippen molar-refractivity contribution in [3.05, 3.63) is 36.0 Å². The van der Waals surface area contributed by atoms with Gasteiger partial charge in [0.2, 0.25) is 5.91 Å². The first kappa shape index (κ1) is 27.5. The number of primary amides is 1. The number of aromatic nitrogens is 1. The van der Waals surface area contributed by atoms with E-state index in [-0.39, 0.29) is 12.8 Å². The number of ether oxygens (including phenoxy) is 1. The summed E-state index contributed by atoms with van der Waals surface area (Å²) in [6.07, 6.45) is 2.26. The minimum atomic E-state index is -1.16. The lowest BCUT2D eigenvalue weighted by atomic mass is 10.0. The summed E-state index contributed by atoms with van der Waals surface area (Å²) in [5.41, 5.74) is 5.94. The van der Waals surface area contributed by atoms with Crippen LogP contribution in [0.1, 0.15) is 45.6 Å². The Labute approximate surface area is 204 Å². The van der Waals surface area contributed by atoms with Crippen LogP contribution in [0.25, 0.3) is 10.9 Å². The third-order valence-electron chi connectivity index (χ3n) is 5.39. The number of nitrogens with zero attached hydrogens (tertiary/aromatic N) is 1. The number of hydrogen-bond acceptors (Lipinski definition) is 5. The average molecular weight is 490 g/mol. The molecule has 11 nitrogen and oxygen atoms in total. The number of alkyl carbamates (subject to hydrolysis) is 1. The minimum absolute atomic E-state index is 0.140. The number of nitrogens with one attached hydrogen (secondary N) is 3. The largest absolute Gasteiger partial charge is 0.480 e. The summed E-state index contributed by atoms with van der Waals surface area (Å²) in [6.45, 7) is 5.44. The number of carboxylic acids is 1. The second kappa shape index (κ2) is 12.1. The molecule has 0 aliphatic heterocycles. The fourth-order valence-electron chi connectivity index (χ4n) is 3.73. The molecule has 1 aromatic heterocycles. The summed E-state index contributed by atoms with van der Waals surface area (Å²) < 4.78 is 5.33. The lowest BCUT2D eigenvalue weighted by molar-refractivity contribution is -0.150. The van der Waals surface area contributed by atoms with Gasteiger partial charge in [-0.2, -0.15) is 0 Å². The number of carbonyl (C=O) groups is 4. The van der Waals surface area contributed by atoms with Gasteiger partial charge in [-0.1, -0.05) is 18.2 Å². The highest BCUT2D eigenvalue weighted by Crippen LogP contribution is 2.20. The molecule has 0 fully saturated rings. The standard InChI is InChI=1S/C24H35N5O6/c1-24(2,3)35-23(34)28-18(13-15-14-27-17-10-6-5-9-16(15)17)20(30)29(4)19(21(31)32)11-7-8-12-26-22(25)33/h5-6,9-10,14,18-19,27H,7-8,11-13H2,1-4H3,(H,28,34)(H,31,32)(H3,25,26,33)/t18-,19-/m0/s1. The van der Waals surface area contributed by atoms with Crippen molar-refractivity contribution in [2.45, 2.75) is 64.1 Å². The van der Waals surface area contributed by atoms with Gasteiger partial charge in [0.25, 0.3) is 0 Å². The van der Waals surface area contributed by atoms with Crippen molar-refractivity contribution in [1.82, 2.24) is 20.5 Å². The van der Waals surface area contributed by atoms with Gasteiger partial charge in [-0.05, 0) is 51.7 Å². The van der Waals surface area contributed by atoms with E-state index >= 15 is 0 Å². The number of amides is 4. The fraction of sp³-hybridized carbons (Fsp3) is 0.500. The number of rotatable bonds is 11. The summed E-state index contributed by atoms with van der Waals surface area (Å²) in [7, 11) is 1.40. The van der Waals surface area contributed by atoms with Crippen LogP contribution < -0.4 is 16.4 Å². The zero-order valence-corrected chi connectivity index (χ0v) is 20.6. The van der Waals surface area contributed by atoms with Gasteiger partial charge in [-0.3, -0.25) is 4.79 Å². The number of urea groups is 1. The summed E-state index contributed by atoms with van der Waals surface area (Å²) in [5, 5.41) is 15.7. The van der Waals surface area contributed by atoms with Crippen LogP contribution in [0.2, 0.25) is 0 Å². The molecule has 2 rings (SSSR count). The minimum Gasteiger partial charge on any atom is -0.480 e. The van der Waals surface area contributed by atoms with Gasteiger partial charge < -0.3 is 36.1 Å². The van der Waals surface area contributed by atoms with E-state index < -0.39 is 41.7 Å².